The van der Waals surface area contributed by atoms with Crippen LogP contribution in [0.15, 0.2) is 42.5 Å². The first-order valence-electron chi connectivity index (χ1n) is 9.25. The van der Waals surface area contributed by atoms with E-state index in [0.29, 0.717) is 24.4 Å². The van der Waals surface area contributed by atoms with Gasteiger partial charge in [0.15, 0.2) is 10.9 Å². The Bertz CT molecular complexity index is 839. The van der Waals surface area contributed by atoms with Crippen LogP contribution >= 0.6 is 11.6 Å². The largest absolute Gasteiger partial charge is 0.505 e. The summed E-state index contributed by atoms with van der Waals surface area (Å²) in [6.45, 7) is 1.01. The van der Waals surface area contributed by atoms with Crippen molar-refractivity contribution < 1.29 is 25.2 Å². The third-order valence-electron chi connectivity index (χ3n) is 5.70. The number of nitrogens with zero attached hydrogens (tertiary/aromatic N) is 2. The van der Waals surface area contributed by atoms with Gasteiger partial charge >= 0.3 is 0 Å². The first-order valence-corrected chi connectivity index (χ1v) is 9.62. The topological polar surface area (TPSA) is 106 Å². The van der Waals surface area contributed by atoms with Crippen LogP contribution in [0.3, 0.4) is 0 Å². The molecule has 1 aliphatic heterocycles. The lowest BCUT2D eigenvalue weighted by atomic mass is 9.93. The van der Waals surface area contributed by atoms with E-state index in [2.05, 4.69) is 4.98 Å². The molecule has 0 unspecified atom stereocenters. The number of hydrogen-bond donors (Lipinski definition) is 4. The number of aliphatic hydroxyl groups is 3. The van der Waals surface area contributed by atoms with Crippen LogP contribution in [0.2, 0.25) is 5.15 Å². The number of aromatic hydroxyl groups is 1. The molecule has 4 N–H and O–H groups in total. The minimum atomic E-state index is -1.28. The summed E-state index contributed by atoms with van der Waals surface area (Å²) < 4.78 is 5.87. The van der Waals surface area contributed by atoms with Crippen LogP contribution in [0.25, 0.3) is 0 Å². The second-order valence-electron chi connectivity index (χ2n) is 7.59. The van der Waals surface area contributed by atoms with Crippen molar-refractivity contribution in [2.24, 2.45) is 5.92 Å². The van der Waals surface area contributed by atoms with E-state index in [4.69, 9.17) is 16.3 Å². The number of ether oxygens (including phenoxy) is 1. The van der Waals surface area contributed by atoms with Crippen LogP contribution in [0, 0.1) is 5.92 Å². The Morgan fingerprint density at radius 2 is 2.00 bits per heavy atom. The lowest BCUT2D eigenvalue weighted by Gasteiger charge is -2.29. The Morgan fingerprint density at radius 1 is 1.25 bits per heavy atom. The van der Waals surface area contributed by atoms with Crippen molar-refractivity contribution in [1.82, 2.24) is 9.88 Å². The van der Waals surface area contributed by atoms with Gasteiger partial charge < -0.3 is 25.2 Å². The fraction of sp³-hybridized carbons (Fsp3) is 0.450. The molecule has 8 heteroatoms. The summed E-state index contributed by atoms with van der Waals surface area (Å²) in [5.74, 6) is 0.368. The average Bonchev–Trinajstić information content (AvgIpc) is 3.10. The zero-order valence-electron chi connectivity index (χ0n) is 15.1. The quantitative estimate of drug-likeness (QED) is 0.555. The third-order valence-corrected chi connectivity index (χ3v) is 5.98. The Kier molecular flexibility index (Phi) is 5.20. The number of benzene rings is 1. The summed E-state index contributed by atoms with van der Waals surface area (Å²) in [6.07, 6.45) is -1.88. The van der Waals surface area contributed by atoms with Gasteiger partial charge in [-0.25, -0.2) is 4.98 Å². The maximum atomic E-state index is 11.1. The van der Waals surface area contributed by atoms with Gasteiger partial charge in [-0.05, 0) is 30.7 Å². The normalized spacial score (nSPS) is 30.9. The van der Waals surface area contributed by atoms with Crippen LogP contribution < -0.4 is 4.74 Å². The average molecular weight is 407 g/mol. The smallest absolute Gasteiger partial charge is 0.171 e. The number of fused-ring (bicyclic) bond motifs is 1. The number of hydrogen-bond acceptors (Lipinski definition) is 7. The molecule has 2 aliphatic rings. The van der Waals surface area contributed by atoms with Gasteiger partial charge in [-0.2, -0.15) is 0 Å². The molecule has 0 radical (unpaired) electrons. The molecule has 1 aliphatic carbocycles. The zero-order valence-corrected chi connectivity index (χ0v) is 15.9. The lowest BCUT2D eigenvalue weighted by molar-refractivity contribution is -0.0876. The molecule has 7 nitrogen and oxygen atoms in total. The zero-order chi connectivity index (χ0) is 19.9. The molecule has 150 valence electrons. The fourth-order valence-corrected chi connectivity index (χ4v) is 4.42. The monoisotopic (exact) mass is 406 g/mol. The van der Waals surface area contributed by atoms with Gasteiger partial charge in [-0.1, -0.05) is 29.8 Å². The number of likely N-dealkylation sites (tertiary alicyclic amines) is 1. The summed E-state index contributed by atoms with van der Waals surface area (Å²) in [4.78, 5) is 5.89. The number of β-amino-alcohol motifs (C(OH)–C–C–N with tert-alkyl or cyclic N) is 2. The molecule has 28 heavy (non-hydrogen) atoms. The van der Waals surface area contributed by atoms with E-state index in [1.165, 1.54) is 12.1 Å². The van der Waals surface area contributed by atoms with Gasteiger partial charge in [0.05, 0.1) is 5.69 Å². The number of para-hydroxylation sites is 1. The molecule has 1 saturated heterocycles. The van der Waals surface area contributed by atoms with Crippen molar-refractivity contribution in [3.63, 3.8) is 0 Å². The second kappa shape index (κ2) is 7.50. The van der Waals surface area contributed by atoms with Crippen molar-refractivity contribution >= 4 is 11.6 Å². The minimum absolute atomic E-state index is 0.0650. The van der Waals surface area contributed by atoms with E-state index in [-0.39, 0.29) is 29.9 Å². The van der Waals surface area contributed by atoms with Crippen LogP contribution in [-0.2, 0) is 0 Å². The maximum Gasteiger partial charge on any atom is 0.171 e. The predicted octanol–water partition coefficient (Wildman–Crippen LogP) is 1.35. The Labute approximate surface area is 167 Å². The van der Waals surface area contributed by atoms with Gasteiger partial charge in [0, 0.05) is 25.6 Å². The van der Waals surface area contributed by atoms with E-state index in [1.54, 1.807) is 0 Å². The number of rotatable bonds is 5. The summed E-state index contributed by atoms with van der Waals surface area (Å²) >= 11 is 5.80. The molecule has 0 spiro atoms. The van der Waals surface area contributed by atoms with Crippen molar-refractivity contribution in [1.29, 1.82) is 0 Å². The van der Waals surface area contributed by atoms with Gasteiger partial charge in [0.1, 0.15) is 29.7 Å². The summed E-state index contributed by atoms with van der Waals surface area (Å²) in [7, 11) is 0. The highest BCUT2D eigenvalue weighted by Crippen LogP contribution is 2.43. The first kappa shape index (κ1) is 19.4. The summed E-state index contributed by atoms with van der Waals surface area (Å²) in [5, 5.41) is 41.6. The molecule has 0 amide bonds. The molecule has 1 aromatic carbocycles. The molecule has 0 bridgehead atoms. The van der Waals surface area contributed by atoms with Gasteiger partial charge in [-0.15, -0.1) is 0 Å². The van der Waals surface area contributed by atoms with Crippen LogP contribution in [-0.4, -0.2) is 67.8 Å². The van der Waals surface area contributed by atoms with Gasteiger partial charge in [0.2, 0.25) is 0 Å². The minimum Gasteiger partial charge on any atom is -0.505 e. The fourth-order valence-electron chi connectivity index (χ4n) is 4.26. The highest BCUT2D eigenvalue weighted by Gasteiger charge is 2.59. The summed E-state index contributed by atoms with van der Waals surface area (Å²) in [5.41, 5.74) is -0.933. The Hall–Kier alpha value is -1.90. The van der Waals surface area contributed by atoms with Crippen molar-refractivity contribution in [3.05, 3.63) is 53.3 Å². The number of aromatic nitrogens is 1. The number of halogens is 1. The van der Waals surface area contributed by atoms with E-state index < -0.39 is 23.9 Å². The number of aliphatic hydroxyl groups excluding tert-OH is 2. The Balaban J connectivity index is 1.39. The molecular weight excluding hydrogens is 384 g/mol. The Morgan fingerprint density at radius 3 is 2.68 bits per heavy atom. The molecule has 2 fully saturated rings. The van der Waals surface area contributed by atoms with Crippen LogP contribution in [0.1, 0.15) is 18.2 Å². The lowest BCUT2D eigenvalue weighted by Crippen LogP contribution is -2.49. The SMILES string of the molecule is Oc1ccc([C@H](O)CN2C[C@H]3C[C@H](Oc4ccccc4)[C@H](O)[C@@]3(O)C2)nc1Cl. The van der Waals surface area contributed by atoms with Crippen LogP contribution in [0.5, 0.6) is 11.5 Å². The second-order valence-corrected chi connectivity index (χ2v) is 7.95. The van der Waals surface area contributed by atoms with Gasteiger partial charge in [-0.3, -0.25) is 4.90 Å². The predicted molar refractivity (Wildman–Crippen MR) is 102 cm³/mol. The highest BCUT2D eigenvalue weighted by atomic mass is 35.5. The molecule has 1 saturated carbocycles. The molecule has 2 aromatic rings. The van der Waals surface area contributed by atoms with E-state index in [9.17, 15) is 20.4 Å². The first-order chi connectivity index (χ1) is 13.4. The summed E-state index contributed by atoms with van der Waals surface area (Å²) in [6, 6.07) is 12.1. The highest BCUT2D eigenvalue weighted by molar-refractivity contribution is 6.30. The van der Waals surface area contributed by atoms with Crippen LogP contribution in [0.4, 0.5) is 0 Å². The van der Waals surface area contributed by atoms with Crippen molar-refractivity contribution in [3.8, 4) is 11.5 Å². The standard InChI is InChI=1S/C20H23ClN2O5/c21-19-15(24)7-6-14(22-19)16(25)10-23-9-12-8-17(18(26)20(12,27)11-23)28-13-4-2-1-3-5-13/h1-7,12,16-18,24-27H,8-11H2/t12-,16-,17+,18+,20-/m1/s1. The molecule has 5 atom stereocenters. The third kappa shape index (κ3) is 3.56. The van der Waals surface area contributed by atoms with E-state index in [0.717, 1.165) is 0 Å². The van der Waals surface area contributed by atoms with Crippen molar-refractivity contribution in [2.75, 3.05) is 19.6 Å². The van der Waals surface area contributed by atoms with E-state index >= 15 is 0 Å². The number of pyridine rings is 1. The molecular formula is C20H23ClN2O5. The molecule has 1 aromatic heterocycles. The van der Waals surface area contributed by atoms with Crippen molar-refractivity contribution in [2.45, 2.75) is 30.3 Å². The maximum absolute atomic E-state index is 11.1. The molecule has 2 heterocycles. The van der Waals surface area contributed by atoms with E-state index in [1.807, 2.05) is 35.2 Å². The molecule has 4 rings (SSSR count). The van der Waals surface area contributed by atoms with Gasteiger partial charge in [0.25, 0.3) is 0 Å².